The summed E-state index contributed by atoms with van der Waals surface area (Å²) in [7, 11) is -0.590. The lowest BCUT2D eigenvalue weighted by atomic mass is 9.89. The first-order valence-corrected chi connectivity index (χ1v) is 16.6. The number of carbonyl (C=O) groups is 1. The van der Waals surface area contributed by atoms with Gasteiger partial charge in [-0.15, -0.1) is 4.72 Å². The van der Waals surface area contributed by atoms with E-state index in [2.05, 4.69) is 4.72 Å². The maximum absolute atomic E-state index is 14.2. The third kappa shape index (κ3) is 7.98. The summed E-state index contributed by atoms with van der Waals surface area (Å²) in [6.45, 7) is 5.30. The Morgan fingerprint density at radius 3 is 2.51 bits per heavy atom. The molecular formula is C29H34ClFN2O6S2. The maximum atomic E-state index is 14.2. The quantitative estimate of drug-likeness (QED) is 0.207. The van der Waals surface area contributed by atoms with Gasteiger partial charge in [-0.25, -0.2) is 12.8 Å². The number of methoxy groups -OCH3 is 1. The molecule has 0 fully saturated rings. The predicted molar refractivity (Wildman–Crippen MR) is 161 cm³/mol. The van der Waals surface area contributed by atoms with Crippen LogP contribution in [0.15, 0.2) is 47.4 Å². The summed E-state index contributed by atoms with van der Waals surface area (Å²) in [5, 5.41) is -0.126. The van der Waals surface area contributed by atoms with Crippen LogP contribution in [0.4, 0.5) is 4.39 Å². The number of benzene rings is 2. The fourth-order valence-corrected chi connectivity index (χ4v) is 6.60. The van der Waals surface area contributed by atoms with Crippen molar-refractivity contribution in [2.45, 2.75) is 45.4 Å². The molecule has 12 heteroatoms. The number of aryl methyl sites for hydroxylation is 1. The van der Waals surface area contributed by atoms with Crippen LogP contribution in [0, 0.1) is 5.82 Å². The van der Waals surface area contributed by atoms with Crippen molar-refractivity contribution in [2.24, 2.45) is 7.05 Å². The van der Waals surface area contributed by atoms with Crippen molar-refractivity contribution in [3.8, 4) is 16.9 Å². The number of ketones is 1. The third-order valence-corrected chi connectivity index (χ3v) is 9.89. The average molecular weight is 625 g/mol. The fraction of sp³-hybridized carbons (Fsp3) is 0.379. The highest BCUT2D eigenvalue weighted by molar-refractivity contribution is 7.90. The number of halogens is 2. The summed E-state index contributed by atoms with van der Waals surface area (Å²) in [6, 6.07) is 7.68. The maximum Gasteiger partial charge on any atom is 0.250 e. The first-order valence-electron chi connectivity index (χ1n) is 13.1. The van der Waals surface area contributed by atoms with Crippen LogP contribution in [0.3, 0.4) is 0 Å². The molecule has 0 aliphatic carbocycles. The number of pyridine rings is 1. The smallest absolute Gasteiger partial charge is 0.250 e. The highest BCUT2D eigenvalue weighted by Gasteiger charge is 2.25. The van der Waals surface area contributed by atoms with Crippen LogP contribution in [0.1, 0.15) is 66.7 Å². The molecule has 2 aromatic carbocycles. The summed E-state index contributed by atoms with van der Waals surface area (Å²) in [5.41, 5.74) is 1.54. The Bertz CT molecular complexity index is 1590. The number of rotatable bonds is 13. The molecule has 0 aliphatic heterocycles. The lowest BCUT2D eigenvalue weighted by Gasteiger charge is -2.22. The van der Waals surface area contributed by atoms with Crippen LogP contribution < -0.4 is 15.0 Å². The van der Waals surface area contributed by atoms with Gasteiger partial charge in [0, 0.05) is 53.1 Å². The number of hydrogen-bond acceptors (Lipinski definition) is 7. The monoisotopic (exact) mass is 624 g/mol. The lowest BCUT2D eigenvalue weighted by molar-refractivity contribution is 0.103. The molecule has 1 unspecified atom stereocenters. The van der Waals surface area contributed by atoms with Crippen LogP contribution in [0.25, 0.3) is 11.1 Å². The molecule has 41 heavy (non-hydrogen) atoms. The highest BCUT2D eigenvalue weighted by atomic mass is 35.5. The zero-order valence-corrected chi connectivity index (χ0v) is 26.0. The SMILES string of the molecule is CCCC[S+]([O-])N[C@@H](C)c1cc(=O)n(C)cc1-c1cc(CS(=O)(=O)CC)ccc1C(=O)c1cc(OC)c(F)cc1Cl. The van der Waals surface area contributed by atoms with E-state index in [1.165, 1.54) is 29.9 Å². The largest absolute Gasteiger partial charge is 0.598 e. The van der Waals surface area contributed by atoms with E-state index in [-0.39, 0.29) is 39.0 Å². The minimum absolute atomic E-state index is 0.0155. The van der Waals surface area contributed by atoms with Gasteiger partial charge >= 0.3 is 0 Å². The lowest BCUT2D eigenvalue weighted by Crippen LogP contribution is -2.30. The summed E-state index contributed by atoms with van der Waals surface area (Å²) in [6.07, 6.45) is 3.18. The molecule has 222 valence electrons. The molecule has 8 nitrogen and oxygen atoms in total. The van der Waals surface area contributed by atoms with Crippen LogP contribution in [0.2, 0.25) is 5.02 Å². The number of nitrogens with one attached hydrogen (secondary N) is 1. The van der Waals surface area contributed by atoms with Gasteiger partial charge < -0.3 is 13.9 Å². The molecule has 1 aromatic heterocycles. The molecule has 2 atom stereocenters. The standard InChI is InChI=1S/C29H34ClFN2O6S2/c1-6-8-11-40(36)32-18(3)21-14-28(34)33(4)16-24(21)22-12-19(17-41(37,38)7-2)9-10-20(22)29(35)23-13-27(39-5)26(31)15-25(23)30/h9-10,12-16,18,32H,6-8,11,17H2,1-5H3/t18-,40?/m0/s1. The number of hydrogen-bond donors (Lipinski definition) is 1. The Morgan fingerprint density at radius 2 is 1.88 bits per heavy atom. The topological polar surface area (TPSA) is 118 Å². The van der Waals surface area contributed by atoms with Crippen molar-refractivity contribution in [3.05, 3.63) is 86.0 Å². The van der Waals surface area contributed by atoms with Crippen molar-refractivity contribution in [1.29, 1.82) is 0 Å². The second-order valence-corrected chi connectivity index (χ2v) is 13.8. The van der Waals surface area contributed by atoms with E-state index < -0.39 is 38.8 Å². The van der Waals surface area contributed by atoms with Crippen LogP contribution in [-0.4, -0.2) is 41.9 Å². The molecule has 0 saturated carbocycles. The second-order valence-electron chi connectivity index (χ2n) is 9.69. The predicted octanol–water partition coefficient (Wildman–Crippen LogP) is 5.13. The molecule has 1 heterocycles. The van der Waals surface area contributed by atoms with Gasteiger partial charge in [0.05, 0.1) is 23.9 Å². The molecule has 0 aliphatic rings. The number of aromatic nitrogens is 1. The molecule has 0 radical (unpaired) electrons. The zero-order chi connectivity index (χ0) is 30.5. The highest BCUT2D eigenvalue weighted by Crippen LogP contribution is 2.35. The number of carbonyl (C=O) groups excluding carboxylic acids is 1. The van der Waals surface area contributed by atoms with E-state index in [1.54, 1.807) is 39.2 Å². The first kappa shape index (κ1) is 32.8. The van der Waals surface area contributed by atoms with Crippen LogP contribution in [0.5, 0.6) is 5.75 Å². The van der Waals surface area contributed by atoms with E-state index in [4.69, 9.17) is 16.3 Å². The Balaban J connectivity index is 2.27. The van der Waals surface area contributed by atoms with Crippen molar-refractivity contribution in [3.63, 3.8) is 0 Å². The van der Waals surface area contributed by atoms with Gasteiger partial charge in [0.2, 0.25) is 0 Å². The Hall–Kier alpha value is -2.70. The van der Waals surface area contributed by atoms with Gasteiger partial charge in [-0.2, -0.15) is 0 Å². The summed E-state index contributed by atoms with van der Waals surface area (Å²) in [5.74, 6) is -1.35. The fourth-order valence-electron chi connectivity index (χ4n) is 4.29. The molecule has 3 rings (SSSR count). The van der Waals surface area contributed by atoms with E-state index >= 15 is 0 Å². The van der Waals surface area contributed by atoms with E-state index in [9.17, 15) is 27.0 Å². The van der Waals surface area contributed by atoms with Gasteiger partial charge in [-0.05, 0) is 48.2 Å². The van der Waals surface area contributed by atoms with Crippen molar-refractivity contribution in [2.75, 3.05) is 18.6 Å². The summed E-state index contributed by atoms with van der Waals surface area (Å²) >= 11 is 4.91. The van der Waals surface area contributed by atoms with E-state index in [0.717, 1.165) is 18.9 Å². The minimum atomic E-state index is -3.42. The van der Waals surface area contributed by atoms with E-state index in [0.29, 0.717) is 28.0 Å². The van der Waals surface area contributed by atoms with Crippen LogP contribution >= 0.6 is 11.6 Å². The minimum Gasteiger partial charge on any atom is -0.598 e. The summed E-state index contributed by atoms with van der Waals surface area (Å²) in [4.78, 5) is 26.6. The summed E-state index contributed by atoms with van der Waals surface area (Å²) < 4.78 is 61.2. The van der Waals surface area contributed by atoms with Crippen LogP contribution in [-0.2, 0) is 34.0 Å². The van der Waals surface area contributed by atoms with Gasteiger partial charge in [-0.1, -0.05) is 44.0 Å². The third-order valence-electron chi connectivity index (χ3n) is 6.65. The van der Waals surface area contributed by atoms with Crippen molar-refractivity contribution in [1.82, 2.24) is 9.29 Å². The van der Waals surface area contributed by atoms with Crippen molar-refractivity contribution >= 4 is 38.6 Å². The van der Waals surface area contributed by atoms with Gasteiger partial charge in [0.1, 0.15) is 5.75 Å². The molecule has 0 spiro atoms. The molecule has 3 aromatic rings. The number of nitrogens with zero attached hydrogens (tertiary/aromatic N) is 1. The molecule has 0 bridgehead atoms. The van der Waals surface area contributed by atoms with Gasteiger partial charge in [0.25, 0.3) is 5.56 Å². The number of ether oxygens (including phenoxy) is 1. The zero-order valence-electron chi connectivity index (χ0n) is 23.6. The van der Waals surface area contributed by atoms with Gasteiger partial charge in [0.15, 0.2) is 27.2 Å². The molecule has 1 N–H and O–H groups in total. The first-order chi connectivity index (χ1) is 19.3. The van der Waals surface area contributed by atoms with Gasteiger partial charge in [-0.3, -0.25) is 9.59 Å². The van der Waals surface area contributed by atoms with Crippen molar-refractivity contribution < 1.29 is 26.9 Å². The normalized spacial score (nSPS) is 13.2. The Kier molecular flexibility index (Phi) is 11.2. The number of sulfone groups is 1. The van der Waals surface area contributed by atoms with E-state index in [1.807, 2.05) is 6.92 Å². The molecular weight excluding hydrogens is 591 g/mol. The Morgan fingerprint density at radius 1 is 1.17 bits per heavy atom. The molecule has 0 saturated heterocycles. The second kappa shape index (κ2) is 14.0. The number of unbranched alkanes of at least 4 members (excludes halogenated alkanes) is 1. The average Bonchev–Trinajstić information content (AvgIpc) is 2.92. The Labute approximate surface area is 248 Å². The molecule has 0 amide bonds.